The second kappa shape index (κ2) is 3.88. The molecule has 4 heterocycles. The average molecular weight is 319 g/mol. The van der Waals surface area contributed by atoms with Gasteiger partial charge in [0.15, 0.2) is 11.8 Å². The number of aliphatic hydroxyl groups is 5. The molecule has 4 bridgehead atoms. The Balaban J connectivity index is 1.95. The van der Waals surface area contributed by atoms with Crippen LogP contribution in [0.5, 0.6) is 0 Å². The fourth-order valence-electron chi connectivity index (χ4n) is 4.28. The molecule has 0 amide bonds. The van der Waals surface area contributed by atoms with Crippen molar-refractivity contribution >= 4 is 5.96 Å². The van der Waals surface area contributed by atoms with E-state index in [0.29, 0.717) is 0 Å². The molecule has 1 aliphatic carbocycles. The van der Waals surface area contributed by atoms with E-state index in [1.54, 1.807) is 0 Å². The minimum absolute atomic E-state index is 0.153. The average Bonchev–Trinajstić information content (AvgIpc) is 2.45. The zero-order valence-corrected chi connectivity index (χ0v) is 11.2. The Morgan fingerprint density at radius 1 is 1.27 bits per heavy atom. The van der Waals surface area contributed by atoms with Crippen LogP contribution in [0.4, 0.5) is 0 Å². The first-order valence-electron chi connectivity index (χ1n) is 6.81. The lowest BCUT2D eigenvalue weighted by Crippen LogP contribution is -3.04. The number of hydrogen-bond donors (Lipinski definition) is 8. The molecule has 5 aliphatic rings. The Morgan fingerprint density at radius 3 is 2.55 bits per heavy atom. The number of nitrogens with two attached hydrogens (primary N) is 1. The predicted molar refractivity (Wildman–Crippen MR) is 62.0 cm³/mol. The predicted octanol–water partition coefficient (Wildman–Crippen LogP) is -8.07. The summed E-state index contributed by atoms with van der Waals surface area (Å²) in [5.74, 6) is -4.07. The Kier molecular flexibility index (Phi) is 2.57. The van der Waals surface area contributed by atoms with E-state index in [0.717, 1.165) is 0 Å². The minimum Gasteiger partial charge on any atom is -0.805 e. The van der Waals surface area contributed by atoms with Crippen molar-refractivity contribution in [1.82, 2.24) is 5.32 Å². The van der Waals surface area contributed by atoms with Gasteiger partial charge in [0.2, 0.25) is 0 Å². The third-order valence-electron chi connectivity index (χ3n) is 5.26. The molecule has 124 valence electrons. The second-order valence-corrected chi connectivity index (χ2v) is 6.26. The maximum atomic E-state index is 12.5. The SMILES string of the molecule is NC1=[NH+]C(O)C2C3OC4([O-])OC(C(O)C2(N1)[C@@H]4O)C3(O)CO. The lowest BCUT2D eigenvalue weighted by atomic mass is 9.55. The van der Waals surface area contributed by atoms with Crippen LogP contribution in [0.3, 0.4) is 0 Å². The summed E-state index contributed by atoms with van der Waals surface area (Å²) < 4.78 is 10.1. The molecular weight excluding hydrogens is 302 g/mol. The fourth-order valence-corrected chi connectivity index (χ4v) is 4.28. The van der Waals surface area contributed by atoms with Crippen molar-refractivity contribution in [1.29, 1.82) is 0 Å². The van der Waals surface area contributed by atoms with Gasteiger partial charge in [-0.2, -0.15) is 0 Å². The molecule has 5 rings (SSSR count). The monoisotopic (exact) mass is 319 g/mol. The molecule has 11 nitrogen and oxygen atoms in total. The smallest absolute Gasteiger partial charge is 0.343 e. The molecule has 9 atom stereocenters. The lowest BCUT2D eigenvalue weighted by Gasteiger charge is -2.73. The van der Waals surface area contributed by atoms with Crippen molar-refractivity contribution in [3.8, 4) is 0 Å². The molecule has 4 fully saturated rings. The summed E-state index contributed by atoms with van der Waals surface area (Å²) in [6.07, 6.45) is -7.87. The number of guanidine groups is 1. The minimum atomic E-state index is -2.75. The number of nitrogens with one attached hydrogen (secondary N) is 2. The Labute approximate surface area is 123 Å². The van der Waals surface area contributed by atoms with Crippen molar-refractivity contribution in [3.05, 3.63) is 0 Å². The van der Waals surface area contributed by atoms with Gasteiger partial charge in [-0.15, -0.1) is 0 Å². The first-order valence-corrected chi connectivity index (χ1v) is 6.81. The molecule has 9 N–H and O–H groups in total. The van der Waals surface area contributed by atoms with Gasteiger partial charge in [-0.05, 0) is 0 Å². The molecule has 11 heteroatoms. The van der Waals surface area contributed by atoms with Crippen molar-refractivity contribution in [2.75, 3.05) is 6.61 Å². The maximum absolute atomic E-state index is 12.5. The highest BCUT2D eigenvalue weighted by Gasteiger charge is 2.81. The molecule has 3 saturated heterocycles. The first kappa shape index (κ1) is 14.5. The summed E-state index contributed by atoms with van der Waals surface area (Å²) >= 11 is 0. The number of aliphatic hydroxyl groups excluding tert-OH is 4. The van der Waals surface area contributed by atoms with E-state index < -0.39 is 60.3 Å². The Hall–Kier alpha value is -1.05. The van der Waals surface area contributed by atoms with E-state index in [-0.39, 0.29) is 5.96 Å². The molecule has 22 heavy (non-hydrogen) atoms. The van der Waals surface area contributed by atoms with Crippen LogP contribution in [0.1, 0.15) is 0 Å². The van der Waals surface area contributed by atoms with Crippen LogP contribution in [-0.4, -0.2) is 85.9 Å². The highest BCUT2D eigenvalue weighted by Crippen LogP contribution is 2.56. The highest BCUT2D eigenvalue weighted by molar-refractivity contribution is 5.74. The topological polar surface area (TPSA) is 195 Å². The molecule has 0 aromatic heterocycles. The summed E-state index contributed by atoms with van der Waals surface area (Å²) in [6, 6.07) is 0. The van der Waals surface area contributed by atoms with Crippen LogP contribution >= 0.6 is 0 Å². The zero-order valence-electron chi connectivity index (χ0n) is 11.2. The quantitative estimate of drug-likeness (QED) is 0.230. The summed E-state index contributed by atoms with van der Waals surface area (Å²) in [6.45, 7) is -0.871. The van der Waals surface area contributed by atoms with Crippen molar-refractivity contribution < 1.29 is 45.1 Å². The van der Waals surface area contributed by atoms with Gasteiger partial charge in [-0.1, -0.05) is 0 Å². The Bertz CT molecular complexity index is 561. The molecule has 0 radical (unpaired) electrons. The third-order valence-corrected chi connectivity index (χ3v) is 5.26. The molecule has 8 unspecified atom stereocenters. The second-order valence-electron chi connectivity index (χ2n) is 6.26. The fraction of sp³-hybridized carbons (Fsp3) is 0.909. The Morgan fingerprint density at radius 2 is 1.91 bits per heavy atom. The number of ether oxygens (including phenoxy) is 2. The highest BCUT2D eigenvalue weighted by atomic mass is 16.9. The van der Waals surface area contributed by atoms with Crippen LogP contribution in [0.15, 0.2) is 0 Å². The van der Waals surface area contributed by atoms with Gasteiger partial charge >= 0.3 is 5.96 Å². The molecule has 1 saturated carbocycles. The van der Waals surface area contributed by atoms with Crippen molar-refractivity contribution in [3.63, 3.8) is 0 Å². The molecule has 0 aromatic carbocycles. The van der Waals surface area contributed by atoms with Gasteiger partial charge in [0.1, 0.15) is 36.0 Å². The van der Waals surface area contributed by atoms with Gasteiger partial charge in [0, 0.05) is 0 Å². The zero-order chi connectivity index (χ0) is 16.1. The molecule has 4 aliphatic heterocycles. The molecule has 1 spiro atoms. The van der Waals surface area contributed by atoms with Gasteiger partial charge in [-0.3, -0.25) is 16.0 Å². The largest absolute Gasteiger partial charge is 0.805 e. The van der Waals surface area contributed by atoms with Gasteiger partial charge in [0.05, 0.1) is 12.5 Å². The molecular formula is C11H17N3O8. The van der Waals surface area contributed by atoms with Crippen LogP contribution < -0.4 is 21.1 Å². The van der Waals surface area contributed by atoms with Gasteiger partial charge < -0.3 is 40.1 Å². The van der Waals surface area contributed by atoms with E-state index in [1.807, 2.05) is 0 Å². The lowest BCUT2D eigenvalue weighted by molar-refractivity contribution is -0.719. The number of rotatable bonds is 1. The van der Waals surface area contributed by atoms with Crippen LogP contribution in [-0.2, 0) is 9.47 Å². The molecule has 0 aromatic rings. The van der Waals surface area contributed by atoms with E-state index in [9.17, 15) is 30.6 Å². The van der Waals surface area contributed by atoms with Crippen molar-refractivity contribution in [2.45, 2.75) is 47.8 Å². The third kappa shape index (κ3) is 1.28. The summed E-state index contributed by atoms with van der Waals surface area (Å²) in [5.41, 5.74) is 1.72. The van der Waals surface area contributed by atoms with E-state index >= 15 is 0 Å². The summed E-state index contributed by atoms with van der Waals surface area (Å²) in [4.78, 5) is 2.45. The van der Waals surface area contributed by atoms with Crippen LogP contribution in [0.25, 0.3) is 0 Å². The van der Waals surface area contributed by atoms with Crippen LogP contribution in [0.2, 0.25) is 0 Å². The maximum Gasteiger partial charge on any atom is 0.343 e. The van der Waals surface area contributed by atoms with Gasteiger partial charge in [-0.25, -0.2) is 0 Å². The summed E-state index contributed by atoms with van der Waals surface area (Å²) in [7, 11) is 0. The number of hydrogen-bond acceptors (Lipinski definition) is 10. The first-order chi connectivity index (χ1) is 10.2. The van der Waals surface area contributed by atoms with Gasteiger partial charge in [0.25, 0.3) is 0 Å². The van der Waals surface area contributed by atoms with E-state index in [1.165, 1.54) is 0 Å². The van der Waals surface area contributed by atoms with E-state index in [4.69, 9.17) is 15.2 Å². The van der Waals surface area contributed by atoms with Crippen LogP contribution in [0, 0.1) is 5.92 Å². The normalized spacial score (nSPS) is 62.4. The van der Waals surface area contributed by atoms with E-state index in [2.05, 4.69) is 10.3 Å². The standard InChI is InChI=1S/C11H16N3O8/c12-8-13-6(17)2-4-9(19,1-15)5-3(16)10(2,14-8)7(18)11(20,21-4)22-5/h2-7,15-19H,1H2,(H3,12,13,14)/q-1/p+1/t2?,3?,4?,5?,6?,7-,9?,10?,11?/m0/s1. The summed E-state index contributed by atoms with van der Waals surface area (Å²) in [5, 5.41) is 66.5. The van der Waals surface area contributed by atoms with Crippen molar-refractivity contribution in [2.24, 2.45) is 11.7 Å².